The molecule has 2 fully saturated rings. The predicted octanol–water partition coefficient (Wildman–Crippen LogP) is 3.85. The minimum atomic E-state index is 0.176. The van der Waals surface area contributed by atoms with E-state index in [9.17, 15) is 4.79 Å². The number of benzene rings is 1. The van der Waals surface area contributed by atoms with Crippen molar-refractivity contribution in [2.24, 2.45) is 5.92 Å². The summed E-state index contributed by atoms with van der Waals surface area (Å²) in [5.74, 6) is 0.902. The van der Waals surface area contributed by atoms with Crippen LogP contribution in [0.15, 0.2) is 41.8 Å². The zero-order valence-corrected chi connectivity index (χ0v) is 15.1. The molecule has 0 unspecified atom stereocenters. The lowest BCUT2D eigenvalue weighted by Gasteiger charge is -2.34. The Morgan fingerprint density at radius 1 is 1.12 bits per heavy atom. The van der Waals surface area contributed by atoms with Crippen LogP contribution >= 0.6 is 22.9 Å². The first-order valence-electron chi connectivity index (χ1n) is 8.50. The lowest BCUT2D eigenvalue weighted by Crippen LogP contribution is -2.48. The number of thiophene rings is 1. The first-order chi connectivity index (χ1) is 11.7. The summed E-state index contributed by atoms with van der Waals surface area (Å²) in [4.78, 5) is 18.6. The summed E-state index contributed by atoms with van der Waals surface area (Å²) in [5, 5.41) is 2.88. The Balaban J connectivity index is 1.28. The fourth-order valence-corrected chi connectivity index (χ4v) is 4.40. The van der Waals surface area contributed by atoms with Crippen LogP contribution in [0.4, 0.5) is 0 Å². The highest BCUT2D eigenvalue weighted by Gasteiger charge is 2.46. The van der Waals surface area contributed by atoms with Gasteiger partial charge in [-0.05, 0) is 41.5 Å². The van der Waals surface area contributed by atoms with Crippen LogP contribution in [0, 0.1) is 5.92 Å². The van der Waals surface area contributed by atoms with Crippen molar-refractivity contribution in [1.82, 2.24) is 9.80 Å². The van der Waals surface area contributed by atoms with Gasteiger partial charge in [0.1, 0.15) is 0 Å². The topological polar surface area (TPSA) is 23.6 Å². The molecule has 1 saturated carbocycles. The maximum Gasteiger partial charge on any atom is 0.226 e. The molecular formula is C19H21ClN2OS. The van der Waals surface area contributed by atoms with Gasteiger partial charge in [-0.1, -0.05) is 29.8 Å². The van der Waals surface area contributed by atoms with E-state index < -0.39 is 0 Å². The quantitative estimate of drug-likeness (QED) is 0.826. The molecule has 5 heteroatoms. The zero-order valence-electron chi connectivity index (χ0n) is 13.5. The summed E-state index contributed by atoms with van der Waals surface area (Å²) in [5.41, 5.74) is 1.24. The van der Waals surface area contributed by atoms with Crippen LogP contribution in [0.2, 0.25) is 5.02 Å². The first-order valence-corrected chi connectivity index (χ1v) is 9.75. The van der Waals surface area contributed by atoms with Gasteiger partial charge in [-0.2, -0.15) is 0 Å². The van der Waals surface area contributed by atoms with Crippen LogP contribution in [0.25, 0.3) is 0 Å². The van der Waals surface area contributed by atoms with Gasteiger partial charge in [0.25, 0.3) is 0 Å². The molecule has 0 bridgehead atoms. The summed E-state index contributed by atoms with van der Waals surface area (Å²) >= 11 is 7.75. The Kier molecular flexibility index (Phi) is 4.61. The minimum absolute atomic E-state index is 0.176. The Morgan fingerprint density at radius 3 is 2.54 bits per heavy atom. The van der Waals surface area contributed by atoms with E-state index in [2.05, 4.69) is 39.4 Å². The van der Waals surface area contributed by atoms with E-state index in [4.69, 9.17) is 11.6 Å². The van der Waals surface area contributed by atoms with Crippen LogP contribution in [0.1, 0.15) is 22.8 Å². The van der Waals surface area contributed by atoms with E-state index in [1.807, 2.05) is 12.1 Å². The molecule has 2 aliphatic rings. The third kappa shape index (κ3) is 3.51. The third-order valence-corrected chi connectivity index (χ3v) is 6.16. The van der Waals surface area contributed by atoms with E-state index in [0.717, 1.165) is 44.2 Å². The number of hydrogen-bond donors (Lipinski definition) is 0. The monoisotopic (exact) mass is 360 g/mol. The van der Waals surface area contributed by atoms with Gasteiger partial charge in [0, 0.05) is 48.5 Å². The summed E-state index contributed by atoms with van der Waals surface area (Å²) < 4.78 is 0. The number of carbonyl (C=O) groups excluding carboxylic acids is 1. The van der Waals surface area contributed by atoms with Crippen molar-refractivity contribution in [3.63, 3.8) is 0 Å². The van der Waals surface area contributed by atoms with Gasteiger partial charge < -0.3 is 4.90 Å². The second kappa shape index (κ2) is 6.87. The van der Waals surface area contributed by atoms with E-state index in [-0.39, 0.29) is 5.92 Å². The first kappa shape index (κ1) is 16.1. The SMILES string of the molecule is O=C([C@@H]1C[C@H]1c1ccc(Cl)cc1)N1CCN(Cc2cccs2)CC1. The molecule has 24 heavy (non-hydrogen) atoms. The Bertz CT molecular complexity index is 693. The molecule has 1 aromatic heterocycles. The second-order valence-electron chi connectivity index (χ2n) is 6.68. The Hall–Kier alpha value is -1.36. The van der Waals surface area contributed by atoms with Gasteiger partial charge in [0.2, 0.25) is 5.91 Å². The minimum Gasteiger partial charge on any atom is -0.340 e. The molecule has 1 saturated heterocycles. The molecule has 1 aliphatic carbocycles. The number of amides is 1. The number of rotatable bonds is 4. The third-order valence-electron chi connectivity index (χ3n) is 5.05. The van der Waals surface area contributed by atoms with Crippen molar-refractivity contribution < 1.29 is 4.79 Å². The van der Waals surface area contributed by atoms with Crippen LogP contribution in [-0.4, -0.2) is 41.9 Å². The summed E-state index contributed by atoms with van der Waals surface area (Å²) in [6, 6.07) is 12.2. The average Bonchev–Trinajstić information content (AvgIpc) is 3.24. The molecule has 0 radical (unpaired) electrons. The fraction of sp³-hybridized carbons (Fsp3) is 0.421. The normalized spacial score (nSPS) is 24.1. The lowest BCUT2D eigenvalue weighted by atomic mass is 10.1. The number of hydrogen-bond acceptors (Lipinski definition) is 3. The van der Waals surface area contributed by atoms with E-state index >= 15 is 0 Å². The molecule has 2 atom stereocenters. The molecule has 0 N–H and O–H groups in total. The smallest absolute Gasteiger partial charge is 0.226 e. The van der Waals surface area contributed by atoms with Gasteiger partial charge in [-0.25, -0.2) is 0 Å². The largest absolute Gasteiger partial charge is 0.340 e. The molecule has 1 aromatic carbocycles. The summed E-state index contributed by atoms with van der Waals surface area (Å²) in [7, 11) is 0. The van der Waals surface area contributed by atoms with Crippen molar-refractivity contribution in [2.75, 3.05) is 26.2 Å². The van der Waals surface area contributed by atoms with Gasteiger partial charge in [-0.15, -0.1) is 11.3 Å². The maximum absolute atomic E-state index is 12.7. The van der Waals surface area contributed by atoms with Crippen molar-refractivity contribution in [3.8, 4) is 0 Å². The number of carbonyl (C=O) groups is 1. The predicted molar refractivity (Wildman–Crippen MR) is 98.5 cm³/mol. The standard InChI is InChI=1S/C19H21ClN2OS/c20-15-5-3-14(4-6-15)17-12-18(17)19(23)22-9-7-21(8-10-22)13-16-2-1-11-24-16/h1-6,11,17-18H,7-10,12-13H2/t17-,18+/m0/s1. The van der Waals surface area contributed by atoms with E-state index in [1.54, 1.807) is 11.3 Å². The van der Waals surface area contributed by atoms with Gasteiger partial charge in [-0.3, -0.25) is 9.69 Å². The highest BCUT2D eigenvalue weighted by atomic mass is 35.5. The molecule has 126 valence electrons. The molecule has 2 heterocycles. The van der Waals surface area contributed by atoms with Crippen LogP contribution in [0.3, 0.4) is 0 Å². The molecular weight excluding hydrogens is 340 g/mol. The number of nitrogens with zero attached hydrogens (tertiary/aromatic N) is 2. The van der Waals surface area contributed by atoms with Gasteiger partial charge in [0.15, 0.2) is 0 Å². The Labute approximate surface area is 151 Å². The highest BCUT2D eigenvalue weighted by molar-refractivity contribution is 7.09. The van der Waals surface area contributed by atoms with Gasteiger partial charge >= 0.3 is 0 Å². The maximum atomic E-state index is 12.7. The molecule has 1 amide bonds. The van der Waals surface area contributed by atoms with Crippen molar-refractivity contribution in [2.45, 2.75) is 18.9 Å². The number of piperazine rings is 1. The summed E-state index contributed by atoms with van der Waals surface area (Å²) in [6.45, 7) is 4.67. The van der Waals surface area contributed by atoms with Crippen molar-refractivity contribution in [1.29, 1.82) is 0 Å². The zero-order chi connectivity index (χ0) is 16.5. The highest BCUT2D eigenvalue weighted by Crippen LogP contribution is 2.48. The van der Waals surface area contributed by atoms with Crippen LogP contribution < -0.4 is 0 Å². The average molecular weight is 361 g/mol. The molecule has 1 aliphatic heterocycles. The lowest BCUT2D eigenvalue weighted by molar-refractivity contribution is -0.134. The molecule has 3 nitrogen and oxygen atoms in total. The molecule has 4 rings (SSSR count). The van der Waals surface area contributed by atoms with Gasteiger partial charge in [0.05, 0.1) is 0 Å². The van der Waals surface area contributed by atoms with Crippen LogP contribution in [-0.2, 0) is 11.3 Å². The fourth-order valence-electron chi connectivity index (χ4n) is 3.53. The van der Waals surface area contributed by atoms with Crippen molar-refractivity contribution >= 4 is 28.8 Å². The summed E-state index contributed by atoms with van der Waals surface area (Å²) in [6.07, 6.45) is 0.982. The second-order valence-corrected chi connectivity index (χ2v) is 8.15. The van der Waals surface area contributed by atoms with E-state index in [1.165, 1.54) is 10.4 Å². The molecule has 2 aromatic rings. The Morgan fingerprint density at radius 2 is 1.88 bits per heavy atom. The molecule has 0 spiro atoms. The van der Waals surface area contributed by atoms with Crippen molar-refractivity contribution in [3.05, 3.63) is 57.2 Å². The van der Waals surface area contributed by atoms with Crippen LogP contribution in [0.5, 0.6) is 0 Å². The van der Waals surface area contributed by atoms with E-state index in [0.29, 0.717) is 11.8 Å². The number of halogens is 1.